The maximum absolute atomic E-state index is 2.65. The van der Waals surface area contributed by atoms with Gasteiger partial charge in [-0.25, -0.2) is 0 Å². The lowest BCUT2D eigenvalue weighted by Gasteiger charge is -2.33. The van der Waals surface area contributed by atoms with Crippen molar-refractivity contribution in [3.63, 3.8) is 0 Å². The van der Waals surface area contributed by atoms with Crippen LogP contribution in [0.3, 0.4) is 0 Å². The van der Waals surface area contributed by atoms with E-state index in [9.17, 15) is 0 Å². The van der Waals surface area contributed by atoms with Gasteiger partial charge in [-0.2, -0.15) is 0 Å². The molecule has 1 atom stereocenters. The van der Waals surface area contributed by atoms with Crippen LogP contribution in [0, 0.1) is 0 Å². The first kappa shape index (κ1) is 24.3. The van der Waals surface area contributed by atoms with E-state index < -0.39 is 0 Å². The van der Waals surface area contributed by atoms with Crippen LogP contribution in [0.2, 0.25) is 0 Å². The molecule has 0 bridgehead atoms. The molecule has 0 radical (unpaired) electrons. The van der Waals surface area contributed by atoms with Crippen LogP contribution < -0.4 is 0 Å². The zero-order valence-corrected chi connectivity index (χ0v) is 20.0. The average Bonchev–Trinajstić information content (AvgIpc) is 2.66. The van der Waals surface area contributed by atoms with Gasteiger partial charge in [-0.15, -0.1) is 0 Å². The van der Waals surface area contributed by atoms with Crippen LogP contribution in [0.15, 0.2) is 12.1 Å². The monoisotopic (exact) mass is 372 g/mol. The van der Waals surface area contributed by atoms with Crippen molar-refractivity contribution < 1.29 is 0 Å². The number of benzene rings is 1. The van der Waals surface area contributed by atoms with Gasteiger partial charge in [0, 0.05) is 0 Å². The number of rotatable bonds is 6. The third kappa shape index (κ3) is 6.37. The number of hydrogen-bond acceptors (Lipinski definition) is 0. The van der Waals surface area contributed by atoms with Gasteiger partial charge in [-0.1, -0.05) is 100 Å². The topological polar surface area (TPSA) is 0 Å². The average molecular weight is 373 g/mol. The summed E-state index contributed by atoms with van der Waals surface area (Å²) in [5.74, 6) is 2.15. The first-order chi connectivity index (χ1) is 12.8. The van der Waals surface area contributed by atoms with Crippen LogP contribution in [0.5, 0.6) is 0 Å². The molecule has 0 heterocycles. The molecule has 2 rings (SSSR count). The van der Waals surface area contributed by atoms with E-state index in [1.165, 1.54) is 51.4 Å². The summed E-state index contributed by atoms with van der Waals surface area (Å²) in [5.41, 5.74) is 6.84. The molecule has 1 unspecified atom stereocenters. The van der Waals surface area contributed by atoms with Crippen LogP contribution in [0.4, 0.5) is 0 Å². The van der Waals surface area contributed by atoms with Gasteiger partial charge in [0.25, 0.3) is 0 Å². The predicted molar refractivity (Wildman–Crippen MR) is 124 cm³/mol. The molecule has 0 aromatic heterocycles. The largest absolute Gasteiger partial charge is 0.0683 e. The Morgan fingerprint density at radius 2 is 1.52 bits per heavy atom. The van der Waals surface area contributed by atoms with Crippen molar-refractivity contribution in [1.29, 1.82) is 0 Å². The summed E-state index contributed by atoms with van der Waals surface area (Å²) in [6, 6.07) is 5.29. The van der Waals surface area contributed by atoms with Gasteiger partial charge in [0.2, 0.25) is 0 Å². The van der Waals surface area contributed by atoms with Crippen molar-refractivity contribution in [2.75, 3.05) is 0 Å². The fourth-order valence-corrected chi connectivity index (χ4v) is 4.83. The molecule has 0 amide bonds. The minimum Gasteiger partial charge on any atom is -0.0683 e. The molecule has 1 aromatic carbocycles. The summed E-state index contributed by atoms with van der Waals surface area (Å²) < 4.78 is 0. The maximum Gasteiger partial charge on any atom is -0.0129 e. The molecule has 1 aromatic rings. The second-order valence-corrected chi connectivity index (χ2v) is 9.70. The predicted octanol–water partition coefficient (Wildman–Crippen LogP) is 9.48. The fourth-order valence-electron chi connectivity index (χ4n) is 4.83. The Labute approximate surface area is 171 Å². The minimum atomic E-state index is 0.232. The highest BCUT2D eigenvalue weighted by Gasteiger charge is 2.27. The second-order valence-electron chi connectivity index (χ2n) is 9.70. The summed E-state index contributed by atoms with van der Waals surface area (Å²) in [6.45, 7) is 20.7. The Kier molecular flexibility index (Phi) is 10.1. The smallest absolute Gasteiger partial charge is 0.0129 e. The van der Waals surface area contributed by atoms with Crippen molar-refractivity contribution in [3.8, 4) is 0 Å². The molecule has 1 aliphatic carbocycles. The molecule has 1 fully saturated rings. The van der Waals surface area contributed by atoms with Gasteiger partial charge in [-0.3, -0.25) is 0 Å². The zero-order chi connectivity index (χ0) is 20.6. The van der Waals surface area contributed by atoms with Gasteiger partial charge < -0.3 is 0 Å². The zero-order valence-electron chi connectivity index (χ0n) is 20.0. The summed E-state index contributed by atoms with van der Waals surface area (Å²) in [4.78, 5) is 0. The van der Waals surface area contributed by atoms with Crippen molar-refractivity contribution in [2.24, 2.45) is 0 Å². The Morgan fingerprint density at radius 3 is 1.96 bits per heavy atom. The van der Waals surface area contributed by atoms with E-state index in [4.69, 9.17) is 0 Å². The van der Waals surface area contributed by atoms with Crippen LogP contribution >= 0.6 is 0 Å². The highest BCUT2D eigenvalue weighted by atomic mass is 14.3. The highest BCUT2D eigenvalue weighted by Crippen LogP contribution is 2.43. The maximum atomic E-state index is 2.65. The molecule has 0 heteroatoms. The molecule has 0 saturated heterocycles. The van der Waals surface area contributed by atoms with Gasteiger partial charge in [0.05, 0.1) is 0 Å². The van der Waals surface area contributed by atoms with Crippen molar-refractivity contribution in [1.82, 2.24) is 0 Å². The van der Waals surface area contributed by atoms with E-state index in [-0.39, 0.29) is 5.41 Å². The van der Waals surface area contributed by atoms with Crippen LogP contribution in [0.1, 0.15) is 154 Å². The summed E-state index contributed by atoms with van der Waals surface area (Å²) in [6.07, 6.45) is 10.9. The van der Waals surface area contributed by atoms with Crippen LogP contribution in [-0.2, 0) is 5.41 Å². The molecular formula is C27H48. The standard InChI is InChI=1S/C25H42.C2H6/c1-8-13-19(9-2)23-16-21(18(3)4)22(17-24(23)25(5,6)7)20-14-11-10-12-15-20;1-2/h16-20H,8-15H2,1-7H3;1-2H3. The lowest BCUT2D eigenvalue weighted by atomic mass is 9.72. The molecular weight excluding hydrogens is 324 g/mol. The van der Waals surface area contributed by atoms with Crippen molar-refractivity contribution in [2.45, 2.75) is 137 Å². The first-order valence-electron chi connectivity index (χ1n) is 12.0. The SMILES string of the molecule is CC.CCCC(CC)c1cc(C(C)C)c(C2CCCCC2)cc1C(C)(C)C. The van der Waals surface area contributed by atoms with Gasteiger partial charge in [-0.05, 0) is 71.1 Å². The van der Waals surface area contributed by atoms with E-state index in [1.807, 2.05) is 13.8 Å². The van der Waals surface area contributed by atoms with Crippen LogP contribution in [0.25, 0.3) is 0 Å². The van der Waals surface area contributed by atoms with E-state index in [0.717, 1.165) is 11.8 Å². The first-order valence-corrected chi connectivity index (χ1v) is 12.0. The van der Waals surface area contributed by atoms with Crippen LogP contribution in [-0.4, -0.2) is 0 Å². The minimum absolute atomic E-state index is 0.232. The summed E-state index contributed by atoms with van der Waals surface area (Å²) >= 11 is 0. The second kappa shape index (κ2) is 11.3. The molecule has 1 saturated carbocycles. The van der Waals surface area contributed by atoms with Gasteiger partial charge in [0.1, 0.15) is 0 Å². The molecule has 27 heavy (non-hydrogen) atoms. The molecule has 0 aliphatic heterocycles. The van der Waals surface area contributed by atoms with Crippen molar-refractivity contribution >= 4 is 0 Å². The van der Waals surface area contributed by atoms with Crippen molar-refractivity contribution in [3.05, 3.63) is 34.4 Å². The highest BCUT2D eigenvalue weighted by molar-refractivity contribution is 5.46. The Balaban J connectivity index is 0.00000176. The third-order valence-electron chi connectivity index (χ3n) is 6.30. The van der Waals surface area contributed by atoms with E-state index in [2.05, 4.69) is 60.6 Å². The quantitative estimate of drug-likeness (QED) is 0.466. The molecule has 0 N–H and O–H groups in total. The summed E-state index contributed by atoms with van der Waals surface area (Å²) in [5, 5.41) is 0. The normalized spacial score (nSPS) is 16.8. The lowest BCUT2D eigenvalue weighted by Crippen LogP contribution is -2.19. The van der Waals surface area contributed by atoms with Gasteiger partial charge >= 0.3 is 0 Å². The third-order valence-corrected chi connectivity index (χ3v) is 6.30. The Morgan fingerprint density at radius 1 is 0.926 bits per heavy atom. The number of hydrogen-bond donors (Lipinski definition) is 0. The van der Waals surface area contributed by atoms with Gasteiger partial charge in [0.15, 0.2) is 0 Å². The Bertz CT molecular complexity index is 538. The molecule has 0 spiro atoms. The van der Waals surface area contributed by atoms with E-state index in [1.54, 1.807) is 22.3 Å². The molecule has 0 nitrogen and oxygen atoms in total. The molecule has 156 valence electrons. The molecule has 1 aliphatic rings. The van der Waals surface area contributed by atoms with E-state index >= 15 is 0 Å². The summed E-state index contributed by atoms with van der Waals surface area (Å²) in [7, 11) is 0. The fraction of sp³-hybridized carbons (Fsp3) is 0.778. The van der Waals surface area contributed by atoms with E-state index in [0.29, 0.717) is 5.92 Å². The lowest BCUT2D eigenvalue weighted by molar-refractivity contribution is 0.438. The Hall–Kier alpha value is -0.780.